The summed E-state index contributed by atoms with van der Waals surface area (Å²) in [4.78, 5) is 0. The van der Waals surface area contributed by atoms with E-state index < -0.39 is 0 Å². The van der Waals surface area contributed by atoms with Crippen LogP contribution in [0.3, 0.4) is 0 Å². The molecule has 1 aromatic rings. The Labute approximate surface area is 71.2 Å². The van der Waals surface area contributed by atoms with Gasteiger partial charge in [0.2, 0.25) is 0 Å². The lowest BCUT2D eigenvalue weighted by Crippen LogP contribution is -1.94. The highest BCUT2D eigenvalue weighted by molar-refractivity contribution is 5.34. The number of aliphatic hydroxyl groups is 2. The van der Waals surface area contributed by atoms with Crippen molar-refractivity contribution >= 4 is 0 Å². The van der Waals surface area contributed by atoms with Crippen molar-refractivity contribution in [3.8, 4) is 5.75 Å². The largest absolute Gasteiger partial charge is 0.497 e. The maximum atomic E-state index is 8.90. The Bertz CT molecular complexity index is 258. The molecule has 3 heteroatoms. The van der Waals surface area contributed by atoms with Crippen molar-refractivity contribution < 1.29 is 14.9 Å². The lowest BCUT2D eigenvalue weighted by Gasteiger charge is -2.06. The minimum Gasteiger partial charge on any atom is -0.497 e. The molecule has 1 aromatic carbocycles. The number of aliphatic hydroxyl groups excluding tert-OH is 2. The summed E-state index contributed by atoms with van der Waals surface area (Å²) < 4.78 is 4.96. The maximum absolute atomic E-state index is 8.90. The SMILES string of the molecule is COc1ccc(CO)c(CO)c1. The first-order valence-electron chi connectivity index (χ1n) is 3.69. The normalized spacial score (nSPS) is 9.92. The van der Waals surface area contributed by atoms with E-state index in [1.807, 2.05) is 0 Å². The molecule has 1 rings (SSSR count). The maximum Gasteiger partial charge on any atom is 0.119 e. The Morgan fingerprint density at radius 1 is 1.17 bits per heavy atom. The molecule has 0 bridgehead atoms. The summed E-state index contributed by atoms with van der Waals surface area (Å²) in [6.45, 7) is -0.132. The Morgan fingerprint density at radius 3 is 2.33 bits per heavy atom. The van der Waals surface area contributed by atoms with Crippen molar-refractivity contribution in [3.05, 3.63) is 29.3 Å². The van der Waals surface area contributed by atoms with Gasteiger partial charge in [0.05, 0.1) is 20.3 Å². The van der Waals surface area contributed by atoms with E-state index in [2.05, 4.69) is 0 Å². The smallest absolute Gasteiger partial charge is 0.119 e. The van der Waals surface area contributed by atoms with Crippen LogP contribution in [0.15, 0.2) is 18.2 Å². The summed E-state index contributed by atoms with van der Waals surface area (Å²) >= 11 is 0. The average molecular weight is 168 g/mol. The van der Waals surface area contributed by atoms with E-state index in [0.717, 1.165) is 5.56 Å². The number of benzene rings is 1. The van der Waals surface area contributed by atoms with Crippen molar-refractivity contribution in [2.45, 2.75) is 13.2 Å². The highest BCUT2D eigenvalue weighted by Crippen LogP contribution is 2.17. The van der Waals surface area contributed by atoms with Gasteiger partial charge in [-0.05, 0) is 23.3 Å². The summed E-state index contributed by atoms with van der Waals surface area (Å²) in [5.74, 6) is 0.691. The molecule has 0 fully saturated rings. The molecule has 0 aliphatic carbocycles. The van der Waals surface area contributed by atoms with Crippen LogP contribution in [0.1, 0.15) is 11.1 Å². The summed E-state index contributed by atoms with van der Waals surface area (Å²) in [7, 11) is 1.56. The van der Waals surface area contributed by atoms with Gasteiger partial charge in [0.25, 0.3) is 0 Å². The second-order valence-electron chi connectivity index (χ2n) is 2.45. The second kappa shape index (κ2) is 4.09. The van der Waals surface area contributed by atoms with Crippen molar-refractivity contribution in [1.29, 1.82) is 0 Å². The highest BCUT2D eigenvalue weighted by atomic mass is 16.5. The molecule has 2 N–H and O–H groups in total. The molecular weight excluding hydrogens is 156 g/mol. The predicted molar refractivity (Wildman–Crippen MR) is 44.8 cm³/mol. The number of ether oxygens (including phenoxy) is 1. The van der Waals surface area contributed by atoms with Crippen molar-refractivity contribution in [2.75, 3.05) is 7.11 Å². The molecule has 0 aliphatic heterocycles. The quantitative estimate of drug-likeness (QED) is 0.697. The van der Waals surface area contributed by atoms with Crippen molar-refractivity contribution in [3.63, 3.8) is 0 Å². The van der Waals surface area contributed by atoms with E-state index >= 15 is 0 Å². The van der Waals surface area contributed by atoms with E-state index in [1.165, 1.54) is 0 Å². The third-order valence-electron chi connectivity index (χ3n) is 1.75. The number of hydrogen-bond donors (Lipinski definition) is 2. The van der Waals surface area contributed by atoms with E-state index in [1.54, 1.807) is 25.3 Å². The molecule has 0 saturated heterocycles. The molecule has 0 aliphatic rings. The van der Waals surface area contributed by atoms with Crippen LogP contribution >= 0.6 is 0 Å². The second-order valence-corrected chi connectivity index (χ2v) is 2.45. The van der Waals surface area contributed by atoms with Gasteiger partial charge in [-0.15, -0.1) is 0 Å². The minimum absolute atomic E-state index is 0.0557. The average Bonchev–Trinajstić information content (AvgIpc) is 2.16. The number of methoxy groups -OCH3 is 1. The Balaban J connectivity index is 3.02. The number of hydrogen-bond acceptors (Lipinski definition) is 3. The van der Waals surface area contributed by atoms with E-state index in [-0.39, 0.29) is 13.2 Å². The van der Waals surface area contributed by atoms with Gasteiger partial charge in [0.1, 0.15) is 5.75 Å². The van der Waals surface area contributed by atoms with Crippen LogP contribution in [0.2, 0.25) is 0 Å². The summed E-state index contributed by atoms with van der Waals surface area (Å²) in [5, 5.41) is 17.8. The summed E-state index contributed by atoms with van der Waals surface area (Å²) in [6, 6.07) is 5.21. The number of rotatable bonds is 3. The van der Waals surface area contributed by atoms with Crippen molar-refractivity contribution in [2.24, 2.45) is 0 Å². The van der Waals surface area contributed by atoms with Crippen LogP contribution < -0.4 is 4.74 Å². The van der Waals surface area contributed by atoms with Crippen LogP contribution in [0.4, 0.5) is 0 Å². The predicted octanol–water partition coefficient (Wildman–Crippen LogP) is 0.680. The van der Waals surface area contributed by atoms with Crippen molar-refractivity contribution in [1.82, 2.24) is 0 Å². The standard InChI is InChI=1S/C9H12O3/c1-12-9-3-2-7(5-10)8(4-9)6-11/h2-4,10-11H,5-6H2,1H3. The monoisotopic (exact) mass is 168 g/mol. The fourth-order valence-corrected chi connectivity index (χ4v) is 1.03. The molecule has 0 heterocycles. The molecule has 0 aromatic heterocycles. The molecular formula is C9H12O3. The molecule has 0 atom stereocenters. The lowest BCUT2D eigenvalue weighted by molar-refractivity contribution is 0.259. The molecule has 0 spiro atoms. The van der Waals surface area contributed by atoms with Crippen LogP contribution in [0, 0.1) is 0 Å². The zero-order valence-corrected chi connectivity index (χ0v) is 6.95. The first kappa shape index (κ1) is 9.03. The molecule has 12 heavy (non-hydrogen) atoms. The fraction of sp³-hybridized carbons (Fsp3) is 0.333. The van der Waals surface area contributed by atoms with Crippen LogP contribution in [0.5, 0.6) is 5.75 Å². The molecule has 0 unspecified atom stereocenters. The molecule has 0 saturated carbocycles. The van der Waals surface area contributed by atoms with Crippen LogP contribution in [0.25, 0.3) is 0 Å². The topological polar surface area (TPSA) is 49.7 Å². The first-order valence-corrected chi connectivity index (χ1v) is 3.69. The zero-order chi connectivity index (χ0) is 8.97. The molecule has 3 nitrogen and oxygen atoms in total. The Morgan fingerprint density at radius 2 is 1.83 bits per heavy atom. The molecule has 66 valence electrons. The van der Waals surface area contributed by atoms with Gasteiger partial charge in [0.15, 0.2) is 0 Å². The van der Waals surface area contributed by atoms with Gasteiger partial charge in [-0.1, -0.05) is 6.07 Å². The van der Waals surface area contributed by atoms with Gasteiger partial charge in [-0.25, -0.2) is 0 Å². The zero-order valence-electron chi connectivity index (χ0n) is 6.95. The summed E-state index contributed by atoms with van der Waals surface area (Å²) in [5.41, 5.74) is 1.44. The van der Waals surface area contributed by atoms with E-state index in [0.29, 0.717) is 11.3 Å². The first-order chi connectivity index (χ1) is 5.81. The molecule has 0 amide bonds. The van der Waals surface area contributed by atoms with Gasteiger partial charge in [-0.3, -0.25) is 0 Å². The third-order valence-corrected chi connectivity index (χ3v) is 1.75. The third kappa shape index (κ3) is 1.75. The lowest BCUT2D eigenvalue weighted by atomic mass is 10.1. The van der Waals surface area contributed by atoms with Gasteiger partial charge in [0, 0.05) is 0 Å². The fourth-order valence-electron chi connectivity index (χ4n) is 1.03. The highest BCUT2D eigenvalue weighted by Gasteiger charge is 2.01. The van der Waals surface area contributed by atoms with Crippen LogP contribution in [-0.2, 0) is 13.2 Å². The van der Waals surface area contributed by atoms with Gasteiger partial charge >= 0.3 is 0 Å². The Kier molecular flexibility index (Phi) is 3.08. The van der Waals surface area contributed by atoms with E-state index in [9.17, 15) is 0 Å². The Hall–Kier alpha value is -1.06. The minimum atomic E-state index is -0.0763. The van der Waals surface area contributed by atoms with Crippen LogP contribution in [-0.4, -0.2) is 17.3 Å². The molecule has 0 radical (unpaired) electrons. The summed E-state index contributed by atoms with van der Waals surface area (Å²) in [6.07, 6.45) is 0. The van der Waals surface area contributed by atoms with Gasteiger partial charge in [-0.2, -0.15) is 0 Å². The van der Waals surface area contributed by atoms with E-state index in [4.69, 9.17) is 14.9 Å². The van der Waals surface area contributed by atoms with Gasteiger partial charge < -0.3 is 14.9 Å².